The Morgan fingerprint density at radius 2 is 1.96 bits per heavy atom. The molecular formula is C21H40N4O2. The van der Waals surface area contributed by atoms with Crippen LogP contribution in [0.25, 0.3) is 0 Å². The zero-order chi connectivity index (χ0) is 19.1. The lowest BCUT2D eigenvalue weighted by Crippen LogP contribution is -2.65. The van der Waals surface area contributed by atoms with Crippen molar-refractivity contribution in [3.63, 3.8) is 0 Å². The smallest absolute Gasteiger partial charge is 0.191 e. The minimum atomic E-state index is -0.0882. The van der Waals surface area contributed by atoms with E-state index in [1.165, 1.54) is 25.7 Å². The number of aliphatic hydroxyl groups excluding tert-OH is 1. The van der Waals surface area contributed by atoms with E-state index in [0.29, 0.717) is 17.6 Å². The Morgan fingerprint density at radius 1 is 1.22 bits per heavy atom. The van der Waals surface area contributed by atoms with Crippen LogP contribution in [-0.2, 0) is 4.74 Å². The van der Waals surface area contributed by atoms with Gasteiger partial charge in [-0.15, -0.1) is 0 Å². The van der Waals surface area contributed by atoms with Gasteiger partial charge in [0, 0.05) is 44.2 Å². The molecule has 156 valence electrons. The van der Waals surface area contributed by atoms with Crippen molar-refractivity contribution in [1.82, 2.24) is 15.5 Å². The average molecular weight is 381 g/mol. The monoisotopic (exact) mass is 380 g/mol. The van der Waals surface area contributed by atoms with Crippen LogP contribution < -0.4 is 10.6 Å². The quantitative estimate of drug-likeness (QED) is 0.342. The predicted molar refractivity (Wildman–Crippen MR) is 110 cm³/mol. The Balaban J connectivity index is 1.46. The molecule has 3 fully saturated rings. The molecule has 2 unspecified atom stereocenters. The molecule has 6 heteroatoms. The fraction of sp³-hybridized carbons (Fsp3) is 0.952. The molecule has 0 aromatic rings. The first-order valence-corrected chi connectivity index (χ1v) is 11.2. The highest BCUT2D eigenvalue weighted by Crippen LogP contribution is 2.54. The summed E-state index contributed by atoms with van der Waals surface area (Å²) in [4.78, 5) is 7.29. The Kier molecular flexibility index (Phi) is 7.79. The van der Waals surface area contributed by atoms with E-state index in [4.69, 9.17) is 9.73 Å². The van der Waals surface area contributed by atoms with Crippen LogP contribution >= 0.6 is 0 Å². The second kappa shape index (κ2) is 10.1. The van der Waals surface area contributed by atoms with E-state index >= 15 is 0 Å². The molecule has 1 spiro atoms. The second-order valence-electron chi connectivity index (χ2n) is 8.50. The number of aliphatic hydroxyl groups is 1. The Morgan fingerprint density at radius 3 is 2.63 bits per heavy atom. The topological polar surface area (TPSA) is 69.1 Å². The highest BCUT2D eigenvalue weighted by Gasteiger charge is 2.56. The number of piperidine rings is 1. The van der Waals surface area contributed by atoms with Crippen molar-refractivity contribution in [2.75, 3.05) is 39.3 Å². The fourth-order valence-electron chi connectivity index (χ4n) is 5.20. The molecule has 3 N–H and O–H groups in total. The van der Waals surface area contributed by atoms with Gasteiger partial charge in [0.05, 0.1) is 12.2 Å². The number of rotatable bonds is 8. The Bertz CT molecular complexity index is 471. The number of aliphatic imine (C=N–C) groups is 1. The summed E-state index contributed by atoms with van der Waals surface area (Å²) in [5.74, 6) is 0.970. The zero-order valence-electron chi connectivity index (χ0n) is 17.4. The maximum Gasteiger partial charge on any atom is 0.191 e. The van der Waals surface area contributed by atoms with Crippen LogP contribution in [0.5, 0.6) is 0 Å². The molecule has 0 bridgehead atoms. The van der Waals surface area contributed by atoms with Crippen LogP contribution in [-0.4, -0.2) is 73.5 Å². The van der Waals surface area contributed by atoms with Crippen molar-refractivity contribution in [1.29, 1.82) is 0 Å². The van der Waals surface area contributed by atoms with Gasteiger partial charge in [0.1, 0.15) is 0 Å². The van der Waals surface area contributed by atoms with Gasteiger partial charge in [-0.25, -0.2) is 0 Å². The van der Waals surface area contributed by atoms with E-state index in [1.54, 1.807) is 0 Å². The Hall–Kier alpha value is -0.850. The van der Waals surface area contributed by atoms with E-state index < -0.39 is 0 Å². The van der Waals surface area contributed by atoms with Gasteiger partial charge in [0.15, 0.2) is 5.96 Å². The van der Waals surface area contributed by atoms with Crippen LogP contribution in [0.4, 0.5) is 0 Å². The van der Waals surface area contributed by atoms with Crippen molar-refractivity contribution < 1.29 is 9.84 Å². The molecule has 2 atom stereocenters. The molecule has 2 aliphatic carbocycles. The number of ether oxygens (including phenoxy) is 1. The second-order valence-corrected chi connectivity index (χ2v) is 8.50. The summed E-state index contributed by atoms with van der Waals surface area (Å²) in [7, 11) is 0. The minimum Gasteiger partial charge on any atom is -0.393 e. The van der Waals surface area contributed by atoms with Gasteiger partial charge < -0.3 is 25.4 Å². The largest absolute Gasteiger partial charge is 0.393 e. The van der Waals surface area contributed by atoms with Crippen LogP contribution in [0.15, 0.2) is 4.99 Å². The van der Waals surface area contributed by atoms with Crippen LogP contribution in [0.2, 0.25) is 0 Å². The number of nitrogens with one attached hydrogen (secondary N) is 2. The molecule has 0 radical (unpaired) electrons. The summed E-state index contributed by atoms with van der Waals surface area (Å²) in [6, 6.07) is 0.498. The molecule has 0 aromatic heterocycles. The molecule has 3 aliphatic rings. The van der Waals surface area contributed by atoms with E-state index in [0.717, 1.165) is 71.0 Å². The first-order chi connectivity index (χ1) is 13.2. The molecule has 6 nitrogen and oxygen atoms in total. The molecular weight excluding hydrogens is 340 g/mol. The van der Waals surface area contributed by atoms with Crippen LogP contribution in [0.3, 0.4) is 0 Å². The summed E-state index contributed by atoms with van der Waals surface area (Å²) in [6.07, 6.45) is 9.59. The minimum absolute atomic E-state index is 0.0882. The molecule has 3 rings (SSSR count). The molecule has 1 heterocycles. The van der Waals surface area contributed by atoms with Gasteiger partial charge >= 0.3 is 0 Å². The van der Waals surface area contributed by atoms with E-state index in [-0.39, 0.29) is 6.10 Å². The molecule has 0 aromatic carbocycles. The molecule has 27 heavy (non-hydrogen) atoms. The van der Waals surface area contributed by atoms with Crippen molar-refractivity contribution >= 4 is 5.96 Å². The summed E-state index contributed by atoms with van der Waals surface area (Å²) < 4.78 is 6.04. The van der Waals surface area contributed by atoms with Gasteiger partial charge in [-0.05, 0) is 58.9 Å². The summed E-state index contributed by atoms with van der Waals surface area (Å²) in [5.41, 5.74) is 0.334. The van der Waals surface area contributed by atoms with Crippen LogP contribution in [0.1, 0.15) is 65.2 Å². The first kappa shape index (κ1) is 20.9. The van der Waals surface area contributed by atoms with Crippen molar-refractivity contribution in [3.8, 4) is 0 Å². The first-order valence-electron chi connectivity index (χ1n) is 11.2. The third kappa shape index (κ3) is 5.15. The number of guanidine groups is 1. The van der Waals surface area contributed by atoms with Crippen LogP contribution in [0, 0.1) is 5.41 Å². The molecule has 1 saturated heterocycles. The lowest BCUT2D eigenvalue weighted by molar-refractivity contribution is -0.125. The van der Waals surface area contributed by atoms with Gasteiger partial charge in [0.2, 0.25) is 0 Å². The third-order valence-electron chi connectivity index (χ3n) is 6.80. The number of hydrogen-bond acceptors (Lipinski definition) is 4. The van der Waals surface area contributed by atoms with Gasteiger partial charge in [-0.2, -0.15) is 0 Å². The summed E-state index contributed by atoms with van der Waals surface area (Å²) in [6.45, 7) is 9.92. The summed E-state index contributed by atoms with van der Waals surface area (Å²) >= 11 is 0. The van der Waals surface area contributed by atoms with Gasteiger partial charge in [-0.1, -0.05) is 12.8 Å². The van der Waals surface area contributed by atoms with Crippen molar-refractivity contribution in [2.45, 2.75) is 83.5 Å². The number of nitrogens with zero attached hydrogens (tertiary/aromatic N) is 2. The number of likely N-dealkylation sites (tertiary alicyclic amines) is 1. The molecule has 2 saturated carbocycles. The molecule has 0 amide bonds. The predicted octanol–water partition coefficient (Wildman–Crippen LogP) is 2.13. The average Bonchev–Trinajstić information content (AvgIpc) is 3.19. The van der Waals surface area contributed by atoms with E-state index in [1.807, 2.05) is 0 Å². The lowest BCUT2D eigenvalue weighted by atomic mass is 9.60. The Labute approximate surface area is 165 Å². The zero-order valence-corrected chi connectivity index (χ0v) is 17.4. The number of hydrogen-bond donors (Lipinski definition) is 3. The van der Waals surface area contributed by atoms with Crippen molar-refractivity contribution in [3.05, 3.63) is 0 Å². The highest BCUT2D eigenvalue weighted by molar-refractivity contribution is 5.80. The van der Waals surface area contributed by atoms with Gasteiger partial charge in [0.25, 0.3) is 0 Å². The third-order valence-corrected chi connectivity index (χ3v) is 6.80. The van der Waals surface area contributed by atoms with E-state index in [2.05, 4.69) is 29.4 Å². The fourth-order valence-corrected chi connectivity index (χ4v) is 5.20. The van der Waals surface area contributed by atoms with Gasteiger partial charge in [-0.3, -0.25) is 4.99 Å². The van der Waals surface area contributed by atoms with Crippen molar-refractivity contribution in [2.24, 2.45) is 10.4 Å². The maximum atomic E-state index is 9.61. The standard InChI is InChI=1S/C21H40N4O2/c1-3-22-20(23-12-7-13-25-14-8-17(26)9-15-25)24-18-16-19(27-4-2)21(18)10-5-6-11-21/h17-19,26H,3-16H2,1-2H3,(H2,22,23,24). The summed E-state index contributed by atoms with van der Waals surface area (Å²) in [5, 5.41) is 16.8. The maximum absolute atomic E-state index is 9.61. The molecule has 1 aliphatic heterocycles. The highest BCUT2D eigenvalue weighted by atomic mass is 16.5. The lowest BCUT2D eigenvalue weighted by Gasteiger charge is -2.54. The SMILES string of the molecule is CCNC(=NCCCN1CCC(O)CC1)NC1CC(OCC)C12CCCC2. The van der Waals surface area contributed by atoms with E-state index in [9.17, 15) is 5.11 Å². The normalized spacial score (nSPS) is 29.1.